The number of likely N-dealkylation sites (N-methyl/N-ethyl adjacent to an activating group) is 1. The van der Waals surface area contributed by atoms with Gasteiger partial charge in [-0.15, -0.1) is 0 Å². The summed E-state index contributed by atoms with van der Waals surface area (Å²) in [7, 11) is 3.21. The molecule has 2 aliphatic carbocycles. The van der Waals surface area contributed by atoms with Crippen LogP contribution in [0.4, 0.5) is 5.69 Å². The molecule has 3 aliphatic rings. The number of allylic oxidation sites excluding steroid dienone is 2. The summed E-state index contributed by atoms with van der Waals surface area (Å²) in [6.07, 6.45) is 4.46. The summed E-state index contributed by atoms with van der Waals surface area (Å²) in [5.41, 5.74) is 4.49. The van der Waals surface area contributed by atoms with Crippen molar-refractivity contribution < 1.29 is 28.6 Å². The van der Waals surface area contributed by atoms with E-state index in [1.165, 1.54) is 7.11 Å². The van der Waals surface area contributed by atoms with E-state index in [-0.39, 0.29) is 24.4 Å². The van der Waals surface area contributed by atoms with E-state index in [2.05, 4.69) is 0 Å². The van der Waals surface area contributed by atoms with Crippen LogP contribution in [-0.4, -0.2) is 45.3 Å². The number of para-hydroxylation sites is 1. The first kappa shape index (κ1) is 23.8. The number of carbonyl (C=O) groups is 3. The van der Waals surface area contributed by atoms with E-state index in [0.717, 1.165) is 48.9 Å². The summed E-state index contributed by atoms with van der Waals surface area (Å²) in [5, 5.41) is 0. The van der Waals surface area contributed by atoms with Gasteiger partial charge in [0.05, 0.1) is 43.0 Å². The predicted molar refractivity (Wildman–Crippen MR) is 127 cm³/mol. The van der Waals surface area contributed by atoms with Crippen LogP contribution in [0, 0.1) is 0 Å². The minimum Gasteiger partial charge on any atom is -0.465 e. The van der Waals surface area contributed by atoms with Crippen LogP contribution in [0.1, 0.15) is 57.4 Å². The van der Waals surface area contributed by atoms with Crippen molar-refractivity contribution in [3.63, 3.8) is 0 Å². The molecule has 0 N–H and O–H groups in total. The van der Waals surface area contributed by atoms with Gasteiger partial charge in [0, 0.05) is 24.0 Å². The normalized spacial score (nSPS) is 19.6. The van der Waals surface area contributed by atoms with Gasteiger partial charge >= 0.3 is 17.9 Å². The fourth-order valence-electron chi connectivity index (χ4n) is 5.38. The molecule has 1 unspecified atom stereocenters. The molecule has 1 aliphatic heterocycles. The number of anilines is 1. The summed E-state index contributed by atoms with van der Waals surface area (Å²) in [6.45, 7) is 3.76. The van der Waals surface area contributed by atoms with E-state index < -0.39 is 23.8 Å². The first-order valence-electron chi connectivity index (χ1n) is 11.9. The second-order valence-electron chi connectivity index (χ2n) is 8.57. The quantitative estimate of drug-likeness (QED) is 0.472. The minimum atomic E-state index is -0.637. The van der Waals surface area contributed by atoms with Crippen molar-refractivity contribution >= 4 is 23.6 Å². The van der Waals surface area contributed by atoms with Gasteiger partial charge in [0.25, 0.3) is 0 Å². The van der Waals surface area contributed by atoms with Gasteiger partial charge < -0.3 is 19.1 Å². The highest BCUT2D eigenvalue weighted by molar-refractivity contribution is 6.13. The maximum atomic E-state index is 13.5. The first-order valence-corrected chi connectivity index (χ1v) is 11.9. The number of fused-ring (bicyclic) bond motifs is 3. The minimum absolute atomic E-state index is 0.136. The van der Waals surface area contributed by atoms with Gasteiger partial charge in [-0.25, -0.2) is 14.4 Å². The number of ether oxygens (including phenoxy) is 3. The number of benzene rings is 1. The molecular formula is C27H31NO6. The molecule has 1 fully saturated rings. The van der Waals surface area contributed by atoms with Crippen LogP contribution in [0.5, 0.6) is 0 Å². The number of methoxy groups -OCH3 is 1. The molecule has 180 valence electrons. The van der Waals surface area contributed by atoms with Crippen LogP contribution >= 0.6 is 0 Å². The second-order valence-corrected chi connectivity index (χ2v) is 8.57. The van der Waals surface area contributed by atoms with Crippen LogP contribution in [0.3, 0.4) is 0 Å². The molecule has 34 heavy (non-hydrogen) atoms. The molecule has 4 rings (SSSR count). The Morgan fingerprint density at radius 1 is 0.912 bits per heavy atom. The van der Waals surface area contributed by atoms with E-state index in [1.54, 1.807) is 13.8 Å². The summed E-state index contributed by atoms with van der Waals surface area (Å²) in [4.78, 5) is 42.3. The Morgan fingerprint density at radius 2 is 1.56 bits per heavy atom. The van der Waals surface area contributed by atoms with E-state index in [4.69, 9.17) is 14.2 Å². The average Bonchev–Trinajstić information content (AvgIpc) is 3.15. The van der Waals surface area contributed by atoms with Crippen LogP contribution in [0.15, 0.2) is 57.8 Å². The molecular weight excluding hydrogens is 434 g/mol. The zero-order valence-corrected chi connectivity index (χ0v) is 20.2. The SMILES string of the molecule is CCOC(=O)C1=C(C(=O)OCC)C2C(=C(C(=O)OC)C1=C1CCCCC1)N(C)c1ccccc12. The molecule has 0 spiro atoms. The lowest BCUT2D eigenvalue weighted by Crippen LogP contribution is -2.33. The van der Waals surface area contributed by atoms with Gasteiger partial charge in [-0.2, -0.15) is 0 Å². The van der Waals surface area contributed by atoms with Gasteiger partial charge in [0.15, 0.2) is 0 Å². The third-order valence-corrected chi connectivity index (χ3v) is 6.73. The molecule has 0 saturated heterocycles. The van der Waals surface area contributed by atoms with Gasteiger partial charge in [0.2, 0.25) is 0 Å². The van der Waals surface area contributed by atoms with Gasteiger partial charge in [-0.1, -0.05) is 30.2 Å². The topological polar surface area (TPSA) is 82.1 Å². The first-order chi connectivity index (χ1) is 16.5. The van der Waals surface area contributed by atoms with E-state index in [9.17, 15) is 14.4 Å². The number of hydrogen-bond acceptors (Lipinski definition) is 7. The molecule has 1 atom stereocenters. The molecule has 0 bridgehead atoms. The maximum Gasteiger partial charge on any atom is 0.340 e. The van der Waals surface area contributed by atoms with E-state index >= 15 is 0 Å². The fourth-order valence-corrected chi connectivity index (χ4v) is 5.38. The van der Waals surface area contributed by atoms with Crippen molar-refractivity contribution in [3.8, 4) is 0 Å². The number of rotatable bonds is 5. The van der Waals surface area contributed by atoms with E-state index in [0.29, 0.717) is 16.8 Å². The largest absolute Gasteiger partial charge is 0.465 e. The van der Waals surface area contributed by atoms with Crippen molar-refractivity contribution in [2.45, 2.75) is 51.9 Å². The molecule has 7 nitrogen and oxygen atoms in total. The Bertz CT molecular complexity index is 1120. The summed E-state index contributed by atoms with van der Waals surface area (Å²) >= 11 is 0. The molecule has 0 radical (unpaired) electrons. The smallest absolute Gasteiger partial charge is 0.340 e. The molecule has 0 aromatic heterocycles. The standard InChI is InChI=1S/C27H31NO6/c1-5-33-26(30)21-19(16-12-8-7-9-13-16)23(25(29)32-4)24-20(22(21)27(31)34-6-2)17-14-10-11-15-18(17)28(24)3/h10-11,14-15,20H,5-9,12-13H2,1-4H3. The lowest BCUT2D eigenvalue weighted by atomic mass is 9.73. The summed E-state index contributed by atoms with van der Waals surface area (Å²) in [6, 6.07) is 7.65. The number of esters is 3. The van der Waals surface area contributed by atoms with Gasteiger partial charge in [-0.3, -0.25) is 0 Å². The second kappa shape index (κ2) is 9.87. The number of carbonyl (C=O) groups excluding carboxylic acids is 3. The van der Waals surface area contributed by atoms with Crippen molar-refractivity contribution in [3.05, 3.63) is 63.4 Å². The van der Waals surface area contributed by atoms with Crippen molar-refractivity contribution in [2.75, 3.05) is 32.3 Å². The Kier molecular flexibility index (Phi) is 6.91. The van der Waals surface area contributed by atoms with Gasteiger partial charge in [-0.05, 0) is 51.2 Å². The number of nitrogens with zero attached hydrogens (tertiary/aromatic N) is 1. The highest BCUT2D eigenvalue weighted by Crippen LogP contribution is 2.55. The zero-order chi connectivity index (χ0) is 24.4. The van der Waals surface area contributed by atoms with E-state index in [1.807, 2.05) is 36.2 Å². The lowest BCUT2D eigenvalue weighted by Gasteiger charge is -2.33. The molecule has 1 heterocycles. The Balaban J connectivity index is 2.13. The van der Waals surface area contributed by atoms with Crippen LogP contribution < -0.4 is 4.90 Å². The Hall–Kier alpha value is -3.35. The summed E-state index contributed by atoms with van der Waals surface area (Å²) in [5.74, 6) is -2.36. The summed E-state index contributed by atoms with van der Waals surface area (Å²) < 4.78 is 16.2. The predicted octanol–water partition coefficient (Wildman–Crippen LogP) is 4.34. The van der Waals surface area contributed by atoms with Crippen molar-refractivity contribution in [2.24, 2.45) is 0 Å². The highest BCUT2D eigenvalue weighted by Gasteiger charge is 2.49. The maximum absolute atomic E-state index is 13.5. The third kappa shape index (κ3) is 3.83. The fraction of sp³-hybridized carbons (Fsp3) is 0.444. The molecule has 1 saturated carbocycles. The van der Waals surface area contributed by atoms with Crippen LogP contribution in [0.2, 0.25) is 0 Å². The molecule has 7 heteroatoms. The van der Waals surface area contributed by atoms with Crippen molar-refractivity contribution in [1.29, 1.82) is 0 Å². The molecule has 1 aromatic carbocycles. The molecule has 0 amide bonds. The lowest BCUT2D eigenvalue weighted by molar-refractivity contribution is -0.142. The van der Waals surface area contributed by atoms with Gasteiger partial charge in [0.1, 0.15) is 0 Å². The average molecular weight is 466 g/mol. The Morgan fingerprint density at radius 3 is 2.21 bits per heavy atom. The monoisotopic (exact) mass is 465 g/mol. The highest BCUT2D eigenvalue weighted by atomic mass is 16.5. The zero-order valence-electron chi connectivity index (χ0n) is 20.2. The third-order valence-electron chi connectivity index (χ3n) is 6.73. The number of hydrogen-bond donors (Lipinski definition) is 0. The van der Waals surface area contributed by atoms with Crippen LogP contribution in [0.25, 0.3) is 0 Å². The van der Waals surface area contributed by atoms with Crippen molar-refractivity contribution in [1.82, 2.24) is 0 Å². The molecule has 1 aromatic rings. The Labute approximate surface area is 200 Å². The van der Waals surface area contributed by atoms with Crippen LogP contribution in [-0.2, 0) is 28.6 Å².